The molecule has 3 rings (SSSR count). The highest BCUT2D eigenvalue weighted by atomic mass is 79.9. The second-order valence-corrected chi connectivity index (χ2v) is 6.57. The third-order valence-electron chi connectivity index (χ3n) is 4.39. The predicted octanol–water partition coefficient (Wildman–Crippen LogP) is 3.15. The molecule has 3 nitrogen and oxygen atoms in total. The first-order valence-electron chi connectivity index (χ1n) is 6.92. The molecular weight excluding hydrogens is 308 g/mol. The van der Waals surface area contributed by atoms with Crippen LogP contribution in [-0.2, 0) is 4.74 Å². The summed E-state index contributed by atoms with van der Waals surface area (Å²) >= 11 is 3.41. The summed E-state index contributed by atoms with van der Waals surface area (Å²) in [5.74, 6) is -1.28. The Bertz CT molecular complexity index is 447. The van der Waals surface area contributed by atoms with Crippen LogP contribution in [0.1, 0.15) is 43.8 Å². The number of rotatable bonds is 1. The number of halogens is 1. The van der Waals surface area contributed by atoms with Crippen LogP contribution in [0.4, 0.5) is 0 Å². The number of aliphatic hydroxyl groups is 2. The highest BCUT2D eigenvalue weighted by Gasteiger charge is 2.49. The minimum atomic E-state index is -1.15. The average molecular weight is 327 g/mol. The second kappa shape index (κ2) is 5.17. The van der Waals surface area contributed by atoms with Crippen LogP contribution >= 0.6 is 15.9 Å². The number of hydrogen-bond donors (Lipinski definition) is 2. The van der Waals surface area contributed by atoms with Crippen LogP contribution in [0.15, 0.2) is 28.7 Å². The van der Waals surface area contributed by atoms with E-state index in [0.29, 0.717) is 12.8 Å². The van der Waals surface area contributed by atoms with Gasteiger partial charge in [0, 0.05) is 23.2 Å². The fourth-order valence-corrected chi connectivity index (χ4v) is 3.62. The van der Waals surface area contributed by atoms with Gasteiger partial charge >= 0.3 is 0 Å². The maximum absolute atomic E-state index is 10.7. The molecule has 1 heterocycles. The molecule has 0 bridgehead atoms. The number of hydrogen-bond acceptors (Lipinski definition) is 3. The Morgan fingerprint density at radius 3 is 2.68 bits per heavy atom. The van der Waals surface area contributed by atoms with Gasteiger partial charge in [-0.2, -0.15) is 0 Å². The second-order valence-electron chi connectivity index (χ2n) is 5.66. The summed E-state index contributed by atoms with van der Waals surface area (Å²) in [4.78, 5) is 0. The Balaban J connectivity index is 1.83. The van der Waals surface area contributed by atoms with Crippen molar-refractivity contribution in [3.63, 3.8) is 0 Å². The van der Waals surface area contributed by atoms with Crippen LogP contribution in [0.5, 0.6) is 0 Å². The van der Waals surface area contributed by atoms with E-state index in [4.69, 9.17) is 4.74 Å². The van der Waals surface area contributed by atoms with Gasteiger partial charge in [-0.1, -0.05) is 34.5 Å². The van der Waals surface area contributed by atoms with Gasteiger partial charge in [-0.25, -0.2) is 0 Å². The summed E-state index contributed by atoms with van der Waals surface area (Å²) in [6.07, 6.45) is 3.37. The minimum absolute atomic E-state index is 0.132. The van der Waals surface area contributed by atoms with Crippen molar-refractivity contribution in [1.29, 1.82) is 0 Å². The zero-order valence-corrected chi connectivity index (χ0v) is 12.3. The van der Waals surface area contributed by atoms with E-state index in [-0.39, 0.29) is 12.0 Å². The molecule has 19 heavy (non-hydrogen) atoms. The minimum Gasteiger partial charge on any atom is -0.393 e. The van der Waals surface area contributed by atoms with Crippen LogP contribution in [0, 0.1) is 5.92 Å². The SMILES string of the molecule is OC1CC(c2ccc(Br)cc2)OC2(O)CCCCC12. The topological polar surface area (TPSA) is 49.7 Å². The first-order chi connectivity index (χ1) is 9.08. The smallest absolute Gasteiger partial charge is 0.171 e. The van der Waals surface area contributed by atoms with E-state index < -0.39 is 11.9 Å². The lowest BCUT2D eigenvalue weighted by Crippen LogP contribution is -2.53. The maximum Gasteiger partial charge on any atom is 0.171 e. The van der Waals surface area contributed by atoms with E-state index in [1.807, 2.05) is 24.3 Å². The van der Waals surface area contributed by atoms with E-state index in [0.717, 1.165) is 29.3 Å². The average Bonchev–Trinajstić information content (AvgIpc) is 2.38. The van der Waals surface area contributed by atoms with Gasteiger partial charge in [0.2, 0.25) is 0 Å². The van der Waals surface area contributed by atoms with Crippen LogP contribution < -0.4 is 0 Å². The van der Waals surface area contributed by atoms with Crippen molar-refractivity contribution in [3.05, 3.63) is 34.3 Å². The highest BCUT2D eigenvalue weighted by Crippen LogP contribution is 2.46. The van der Waals surface area contributed by atoms with E-state index in [9.17, 15) is 10.2 Å². The first kappa shape index (κ1) is 13.6. The molecule has 1 aliphatic heterocycles. The van der Waals surface area contributed by atoms with Crippen molar-refractivity contribution in [2.24, 2.45) is 5.92 Å². The molecule has 4 heteroatoms. The van der Waals surface area contributed by atoms with Crippen molar-refractivity contribution in [1.82, 2.24) is 0 Å². The zero-order valence-electron chi connectivity index (χ0n) is 10.8. The fraction of sp³-hybridized carbons (Fsp3) is 0.600. The number of ether oxygens (including phenoxy) is 1. The summed E-state index contributed by atoms with van der Waals surface area (Å²) in [6, 6.07) is 7.88. The van der Waals surface area contributed by atoms with Crippen molar-refractivity contribution in [3.8, 4) is 0 Å². The summed E-state index contributed by atoms with van der Waals surface area (Å²) in [5, 5.41) is 21.0. The van der Waals surface area contributed by atoms with Crippen LogP contribution in [0.25, 0.3) is 0 Å². The van der Waals surface area contributed by atoms with Crippen molar-refractivity contribution >= 4 is 15.9 Å². The Hall–Kier alpha value is -0.420. The Kier molecular flexibility index (Phi) is 3.69. The summed E-state index contributed by atoms with van der Waals surface area (Å²) in [7, 11) is 0. The first-order valence-corrected chi connectivity index (χ1v) is 7.71. The normalized spacial score (nSPS) is 38.8. The van der Waals surface area contributed by atoms with Crippen molar-refractivity contribution in [2.45, 2.75) is 50.1 Å². The molecular formula is C15H19BrO3. The van der Waals surface area contributed by atoms with Gasteiger partial charge in [0.05, 0.1) is 12.2 Å². The lowest BCUT2D eigenvalue weighted by Gasteiger charge is -2.48. The largest absolute Gasteiger partial charge is 0.393 e. The Labute approximate surface area is 121 Å². The van der Waals surface area contributed by atoms with Gasteiger partial charge in [0.1, 0.15) is 0 Å². The number of fused-ring (bicyclic) bond motifs is 1. The Morgan fingerprint density at radius 2 is 1.95 bits per heavy atom. The molecule has 0 aromatic heterocycles. The summed E-state index contributed by atoms with van der Waals surface area (Å²) in [5.41, 5.74) is 1.01. The van der Waals surface area contributed by atoms with E-state index in [1.165, 1.54) is 0 Å². The van der Waals surface area contributed by atoms with Crippen molar-refractivity contribution in [2.75, 3.05) is 0 Å². The number of aliphatic hydroxyl groups excluding tert-OH is 1. The van der Waals surface area contributed by atoms with Crippen molar-refractivity contribution < 1.29 is 14.9 Å². The zero-order chi connectivity index (χ0) is 13.5. The molecule has 1 saturated carbocycles. The fourth-order valence-electron chi connectivity index (χ4n) is 3.35. The van der Waals surface area contributed by atoms with Gasteiger partial charge in [-0.15, -0.1) is 0 Å². The number of benzene rings is 1. The van der Waals surface area contributed by atoms with E-state index in [1.54, 1.807) is 0 Å². The molecule has 1 aromatic rings. The molecule has 2 fully saturated rings. The van der Waals surface area contributed by atoms with Gasteiger partial charge in [0.25, 0.3) is 0 Å². The molecule has 0 spiro atoms. The molecule has 4 atom stereocenters. The standard InChI is InChI=1S/C15H19BrO3/c16-11-6-4-10(5-7-11)14-9-13(17)12-3-1-2-8-15(12,18)19-14/h4-7,12-14,17-18H,1-3,8-9H2. The summed E-state index contributed by atoms with van der Waals surface area (Å²) in [6.45, 7) is 0. The van der Waals surface area contributed by atoms with E-state index >= 15 is 0 Å². The molecule has 0 amide bonds. The van der Waals surface area contributed by atoms with Crippen LogP contribution in [0.2, 0.25) is 0 Å². The third kappa shape index (κ3) is 2.59. The lowest BCUT2D eigenvalue weighted by molar-refractivity contribution is -0.319. The molecule has 0 radical (unpaired) electrons. The highest BCUT2D eigenvalue weighted by molar-refractivity contribution is 9.10. The van der Waals surface area contributed by atoms with Gasteiger partial charge in [0.15, 0.2) is 5.79 Å². The van der Waals surface area contributed by atoms with Gasteiger partial charge in [-0.05, 0) is 30.5 Å². The summed E-state index contributed by atoms with van der Waals surface area (Å²) < 4.78 is 6.97. The van der Waals surface area contributed by atoms with Crippen LogP contribution in [-0.4, -0.2) is 22.1 Å². The van der Waals surface area contributed by atoms with E-state index in [2.05, 4.69) is 15.9 Å². The molecule has 2 N–H and O–H groups in total. The van der Waals surface area contributed by atoms with Gasteiger partial charge < -0.3 is 14.9 Å². The predicted molar refractivity (Wildman–Crippen MR) is 75.5 cm³/mol. The monoisotopic (exact) mass is 326 g/mol. The quantitative estimate of drug-likeness (QED) is 0.833. The molecule has 1 aromatic carbocycles. The Morgan fingerprint density at radius 1 is 1.21 bits per heavy atom. The lowest BCUT2D eigenvalue weighted by atomic mass is 9.75. The molecule has 104 valence electrons. The molecule has 1 aliphatic carbocycles. The van der Waals surface area contributed by atoms with Gasteiger partial charge in [-0.3, -0.25) is 0 Å². The van der Waals surface area contributed by atoms with Crippen LogP contribution in [0.3, 0.4) is 0 Å². The molecule has 4 unspecified atom stereocenters. The maximum atomic E-state index is 10.7. The third-order valence-corrected chi connectivity index (χ3v) is 4.92. The molecule has 2 aliphatic rings. The molecule has 1 saturated heterocycles.